The van der Waals surface area contributed by atoms with E-state index in [1.165, 1.54) is 0 Å². The molecule has 3 aromatic rings. The van der Waals surface area contributed by atoms with Gasteiger partial charge >= 0.3 is 0 Å². The first-order valence-electron chi connectivity index (χ1n) is 9.87. The second-order valence-electron chi connectivity index (χ2n) is 7.62. The van der Waals surface area contributed by atoms with E-state index in [2.05, 4.69) is 40.8 Å². The number of amides is 1. The molecule has 8 heteroatoms. The highest BCUT2D eigenvalue weighted by molar-refractivity contribution is 6.30. The number of aromatic nitrogens is 4. The van der Waals surface area contributed by atoms with Crippen LogP contribution in [-0.2, 0) is 4.79 Å². The highest BCUT2D eigenvalue weighted by Gasteiger charge is 2.31. The Morgan fingerprint density at radius 2 is 1.87 bits per heavy atom. The van der Waals surface area contributed by atoms with Crippen LogP contribution in [0.4, 0.5) is 5.95 Å². The van der Waals surface area contributed by atoms with E-state index < -0.39 is 0 Å². The molecule has 2 heterocycles. The van der Waals surface area contributed by atoms with Gasteiger partial charge in [0.25, 0.3) is 5.95 Å². The molecular weight excluding hydrogens is 400 g/mol. The summed E-state index contributed by atoms with van der Waals surface area (Å²) in [5, 5.41) is 16.0. The van der Waals surface area contributed by atoms with Crippen molar-refractivity contribution in [3.8, 4) is 0 Å². The molecule has 0 bridgehead atoms. The lowest BCUT2D eigenvalue weighted by atomic mass is 10.0. The average molecular weight is 423 g/mol. The van der Waals surface area contributed by atoms with Gasteiger partial charge in [-0.15, -0.1) is 0 Å². The highest BCUT2D eigenvalue weighted by atomic mass is 35.5. The minimum absolute atomic E-state index is 0.0868. The van der Waals surface area contributed by atoms with E-state index in [0.29, 0.717) is 23.4 Å². The predicted octanol–water partition coefficient (Wildman–Crippen LogP) is 3.55. The number of hydrogen-bond donors (Lipinski definition) is 1. The number of carbonyl (C=O) groups is 1. The van der Waals surface area contributed by atoms with Crippen molar-refractivity contribution < 1.29 is 4.79 Å². The monoisotopic (exact) mass is 422 g/mol. The maximum absolute atomic E-state index is 12.7. The molecule has 1 N–H and O–H groups in total. The molecule has 7 nitrogen and oxygen atoms in total. The van der Waals surface area contributed by atoms with Crippen molar-refractivity contribution in [1.82, 2.24) is 25.5 Å². The van der Waals surface area contributed by atoms with Crippen molar-refractivity contribution in [1.29, 1.82) is 0 Å². The first-order chi connectivity index (χ1) is 14.5. The van der Waals surface area contributed by atoms with Gasteiger partial charge in [-0.3, -0.25) is 9.69 Å². The average Bonchev–Trinajstić information content (AvgIpc) is 3.24. The van der Waals surface area contributed by atoms with Crippen LogP contribution in [0.1, 0.15) is 31.0 Å². The second kappa shape index (κ2) is 8.67. The molecule has 2 aromatic carbocycles. The summed E-state index contributed by atoms with van der Waals surface area (Å²) in [6, 6.07) is 17.4. The quantitative estimate of drug-likeness (QED) is 0.657. The van der Waals surface area contributed by atoms with Gasteiger partial charge in [-0.25, -0.2) is 0 Å². The SMILES string of the molecule is CC(C)CNC(=O)CN1C(c2ccc(Cl)cc2)=C[C@H](c2ccccc2)n2nnnc21. The van der Waals surface area contributed by atoms with Gasteiger partial charge < -0.3 is 5.32 Å². The van der Waals surface area contributed by atoms with Crippen molar-refractivity contribution in [3.05, 3.63) is 76.8 Å². The van der Waals surface area contributed by atoms with Crippen LogP contribution in [0.15, 0.2) is 60.7 Å². The van der Waals surface area contributed by atoms with E-state index in [1.54, 1.807) is 4.68 Å². The van der Waals surface area contributed by atoms with Gasteiger partial charge in [0.2, 0.25) is 5.91 Å². The smallest absolute Gasteiger partial charge is 0.251 e. The fourth-order valence-electron chi connectivity index (χ4n) is 3.40. The number of nitrogens with one attached hydrogen (secondary N) is 1. The van der Waals surface area contributed by atoms with Gasteiger partial charge in [0.1, 0.15) is 12.6 Å². The minimum Gasteiger partial charge on any atom is -0.354 e. The highest BCUT2D eigenvalue weighted by Crippen LogP contribution is 2.36. The molecule has 30 heavy (non-hydrogen) atoms. The van der Waals surface area contributed by atoms with Crippen LogP contribution in [-0.4, -0.2) is 39.2 Å². The lowest BCUT2D eigenvalue weighted by Gasteiger charge is -2.32. The van der Waals surface area contributed by atoms with E-state index in [-0.39, 0.29) is 18.5 Å². The van der Waals surface area contributed by atoms with Crippen molar-refractivity contribution in [3.63, 3.8) is 0 Å². The number of halogens is 1. The number of anilines is 1. The summed E-state index contributed by atoms with van der Waals surface area (Å²) >= 11 is 6.10. The Hall–Kier alpha value is -3.19. The third kappa shape index (κ3) is 4.21. The molecule has 1 aliphatic rings. The van der Waals surface area contributed by atoms with Crippen LogP contribution < -0.4 is 10.2 Å². The van der Waals surface area contributed by atoms with Crippen molar-refractivity contribution in [2.24, 2.45) is 5.92 Å². The molecule has 0 unspecified atom stereocenters. The van der Waals surface area contributed by atoms with Crippen molar-refractivity contribution >= 4 is 29.2 Å². The number of tetrazole rings is 1. The van der Waals surface area contributed by atoms with Crippen LogP contribution in [0, 0.1) is 5.92 Å². The molecule has 0 saturated carbocycles. The van der Waals surface area contributed by atoms with E-state index in [0.717, 1.165) is 16.8 Å². The maximum atomic E-state index is 12.7. The van der Waals surface area contributed by atoms with E-state index in [9.17, 15) is 4.79 Å². The molecule has 4 rings (SSSR count). The predicted molar refractivity (Wildman–Crippen MR) is 117 cm³/mol. The summed E-state index contributed by atoms with van der Waals surface area (Å²) in [5.74, 6) is 0.807. The van der Waals surface area contributed by atoms with Crippen LogP contribution >= 0.6 is 11.6 Å². The Balaban J connectivity index is 1.75. The van der Waals surface area contributed by atoms with Crippen LogP contribution in [0.5, 0.6) is 0 Å². The van der Waals surface area contributed by atoms with Crippen LogP contribution in [0.2, 0.25) is 5.02 Å². The lowest BCUT2D eigenvalue weighted by Crippen LogP contribution is -2.41. The van der Waals surface area contributed by atoms with Crippen LogP contribution in [0.3, 0.4) is 0 Å². The first kappa shape index (κ1) is 20.1. The molecule has 1 atom stereocenters. The molecule has 1 aromatic heterocycles. The number of hydrogen-bond acceptors (Lipinski definition) is 5. The standard InChI is InChI=1S/C22H23ClN6O/c1-15(2)13-24-21(30)14-28-19(17-8-10-18(23)11-9-17)12-20(16-6-4-3-5-7-16)29-22(28)25-26-27-29/h3-12,15,20H,13-14H2,1-2H3,(H,24,30)/t20-/m1/s1. The maximum Gasteiger partial charge on any atom is 0.251 e. The van der Waals surface area contributed by atoms with Gasteiger partial charge in [0, 0.05) is 11.6 Å². The van der Waals surface area contributed by atoms with Gasteiger partial charge in [0.05, 0.1) is 5.70 Å². The zero-order valence-electron chi connectivity index (χ0n) is 16.9. The van der Waals surface area contributed by atoms with Crippen molar-refractivity contribution in [2.75, 3.05) is 18.0 Å². The number of nitrogens with zero attached hydrogens (tertiary/aromatic N) is 5. The number of benzene rings is 2. The van der Waals surface area contributed by atoms with E-state index >= 15 is 0 Å². The molecule has 0 saturated heterocycles. The lowest BCUT2D eigenvalue weighted by molar-refractivity contribution is -0.119. The first-order valence-corrected chi connectivity index (χ1v) is 10.3. The number of rotatable bonds is 6. The number of fused-ring (bicyclic) bond motifs is 1. The Bertz CT molecular complexity index is 1050. The zero-order valence-corrected chi connectivity index (χ0v) is 17.6. The van der Waals surface area contributed by atoms with E-state index in [1.807, 2.05) is 59.5 Å². The largest absolute Gasteiger partial charge is 0.354 e. The fraction of sp³-hybridized carbons (Fsp3) is 0.273. The third-order valence-corrected chi connectivity index (χ3v) is 5.13. The Labute approximate surface area is 180 Å². The molecule has 1 amide bonds. The summed E-state index contributed by atoms with van der Waals surface area (Å²) < 4.78 is 1.74. The topological polar surface area (TPSA) is 75.9 Å². The summed E-state index contributed by atoms with van der Waals surface area (Å²) in [7, 11) is 0. The minimum atomic E-state index is -0.183. The molecule has 0 spiro atoms. The number of allylic oxidation sites excluding steroid dienone is 1. The summed E-state index contributed by atoms with van der Waals surface area (Å²) in [5.41, 5.74) is 2.86. The molecule has 1 aliphatic heterocycles. The summed E-state index contributed by atoms with van der Waals surface area (Å²) in [6.45, 7) is 4.85. The van der Waals surface area contributed by atoms with Gasteiger partial charge in [-0.2, -0.15) is 4.68 Å². The van der Waals surface area contributed by atoms with Crippen LogP contribution in [0.25, 0.3) is 5.70 Å². The Morgan fingerprint density at radius 1 is 1.13 bits per heavy atom. The fourth-order valence-corrected chi connectivity index (χ4v) is 3.52. The molecular formula is C22H23ClN6O. The van der Waals surface area contributed by atoms with Gasteiger partial charge in [-0.05, 0) is 45.7 Å². The molecule has 0 aliphatic carbocycles. The zero-order chi connectivity index (χ0) is 21.1. The van der Waals surface area contributed by atoms with E-state index in [4.69, 9.17) is 11.6 Å². The summed E-state index contributed by atoms with van der Waals surface area (Å²) in [6.07, 6.45) is 2.08. The molecule has 0 radical (unpaired) electrons. The van der Waals surface area contributed by atoms with Crippen molar-refractivity contribution in [2.45, 2.75) is 19.9 Å². The molecule has 0 fully saturated rings. The number of carbonyl (C=O) groups excluding carboxylic acids is 1. The van der Waals surface area contributed by atoms with Gasteiger partial charge in [0.15, 0.2) is 0 Å². The molecule has 154 valence electrons. The summed E-state index contributed by atoms with van der Waals surface area (Å²) in [4.78, 5) is 14.5. The third-order valence-electron chi connectivity index (χ3n) is 4.88. The van der Waals surface area contributed by atoms with Gasteiger partial charge in [-0.1, -0.05) is 73.0 Å². The Kier molecular flexibility index (Phi) is 5.81. The Morgan fingerprint density at radius 3 is 2.57 bits per heavy atom. The normalized spacial score (nSPS) is 15.7. The second-order valence-corrected chi connectivity index (χ2v) is 8.06.